The van der Waals surface area contributed by atoms with Gasteiger partial charge in [-0.2, -0.15) is 5.10 Å². The number of aromatic nitrogens is 4. The average molecular weight is 442 g/mol. The van der Waals surface area contributed by atoms with Gasteiger partial charge < -0.3 is 4.74 Å². The van der Waals surface area contributed by atoms with E-state index in [4.69, 9.17) is 16.3 Å². The van der Waals surface area contributed by atoms with Crippen LogP contribution in [0.25, 0.3) is 5.82 Å². The molecule has 0 bridgehead atoms. The molecule has 0 aliphatic heterocycles. The van der Waals surface area contributed by atoms with Gasteiger partial charge in [0.05, 0.1) is 5.75 Å². The van der Waals surface area contributed by atoms with Gasteiger partial charge in [-0.05, 0) is 54.1 Å². The van der Waals surface area contributed by atoms with Gasteiger partial charge in [-0.3, -0.25) is 4.72 Å². The molecule has 0 saturated heterocycles. The lowest BCUT2D eigenvalue weighted by Crippen LogP contribution is -2.14. The van der Waals surface area contributed by atoms with Crippen molar-refractivity contribution in [1.82, 2.24) is 20.0 Å². The zero-order chi connectivity index (χ0) is 21.0. The SMILES string of the molecule is O=S(=O)(Cc1ccc(Cl)cc1)Nc1ccc(Oc2ccc(-n3cccn3)nn2)cc1. The van der Waals surface area contributed by atoms with Crippen LogP contribution < -0.4 is 9.46 Å². The first-order valence-electron chi connectivity index (χ1n) is 8.83. The number of hydrogen-bond donors (Lipinski definition) is 1. The van der Waals surface area contributed by atoms with Crippen molar-refractivity contribution in [3.63, 3.8) is 0 Å². The van der Waals surface area contributed by atoms with Gasteiger partial charge in [0.2, 0.25) is 15.9 Å². The molecule has 0 atom stereocenters. The minimum Gasteiger partial charge on any atom is -0.438 e. The number of sulfonamides is 1. The van der Waals surface area contributed by atoms with Crippen LogP contribution in [0, 0.1) is 0 Å². The monoisotopic (exact) mass is 441 g/mol. The van der Waals surface area contributed by atoms with Crippen molar-refractivity contribution in [3.8, 4) is 17.4 Å². The third-order valence-electron chi connectivity index (χ3n) is 3.99. The van der Waals surface area contributed by atoms with E-state index in [9.17, 15) is 8.42 Å². The Hall–Kier alpha value is -3.43. The average Bonchev–Trinajstić information content (AvgIpc) is 3.26. The van der Waals surface area contributed by atoms with E-state index in [1.807, 2.05) is 0 Å². The highest BCUT2D eigenvalue weighted by atomic mass is 35.5. The predicted molar refractivity (Wildman–Crippen MR) is 113 cm³/mol. The third-order valence-corrected chi connectivity index (χ3v) is 5.50. The van der Waals surface area contributed by atoms with E-state index in [1.165, 1.54) is 0 Å². The molecule has 0 spiro atoms. The van der Waals surface area contributed by atoms with Crippen LogP contribution in [-0.2, 0) is 15.8 Å². The minimum atomic E-state index is -3.56. The Morgan fingerprint density at radius 1 is 0.967 bits per heavy atom. The Morgan fingerprint density at radius 3 is 2.37 bits per heavy atom. The number of ether oxygens (including phenoxy) is 1. The molecule has 2 aromatic heterocycles. The zero-order valence-corrected chi connectivity index (χ0v) is 17.1. The maximum absolute atomic E-state index is 12.4. The van der Waals surface area contributed by atoms with Crippen LogP contribution in [0.4, 0.5) is 5.69 Å². The van der Waals surface area contributed by atoms with Crippen molar-refractivity contribution in [2.24, 2.45) is 0 Å². The first-order chi connectivity index (χ1) is 14.5. The van der Waals surface area contributed by atoms with Crippen molar-refractivity contribution >= 4 is 27.3 Å². The molecule has 0 fully saturated rings. The first-order valence-corrected chi connectivity index (χ1v) is 10.9. The summed E-state index contributed by atoms with van der Waals surface area (Å²) in [6.07, 6.45) is 3.41. The summed E-state index contributed by atoms with van der Waals surface area (Å²) in [7, 11) is -3.56. The van der Waals surface area contributed by atoms with Crippen LogP contribution in [0.1, 0.15) is 5.56 Å². The fourth-order valence-electron chi connectivity index (χ4n) is 2.62. The number of hydrogen-bond acceptors (Lipinski definition) is 6. The molecule has 152 valence electrons. The van der Waals surface area contributed by atoms with E-state index in [1.54, 1.807) is 83.8 Å². The van der Waals surface area contributed by atoms with Crippen LogP contribution in [0.3, 0.4) is 0 Å². The number of anilines is 1. The number of nitrogens with one attached hydrogen (secondary N) is 1. The van der Waals surface area contributed by atoms with Crippen LogP contribution in [-0.4, -0.2) is 28.4 Å². The normalized spacial score (nSPS) is 11.2. The van der Waals surface area contributed by atoms with Crippen molar-refractivity contribution in [2.75, 3.05) is 4.72 Å². The summed E-state index contributed by atoms with van der Waals surface area (Å²) in [6, 6.07) is 18.4. The Bertz CT molecular complexity index is 1210. The highest BCUT2D eigenvalue weighted by Crippen LogP contribution is 2.22. The number of nitrogens with zero attached hydrogens (tertiary/aromatic N) is 4. The summed E-state index contributed by atoms with van der Waals surface area (Å²) in [4.78, 5) is 0. The van der Waals surface area contributed by atoms with E-state index >= 15 is 0 Å². The quantitative estimate of drug-likeness (QED) is 0.464. The molecule has 4 aromatic rings. The van der Waals surface area contributed by atoms with E-state index in [0.29, 0.717) is 33.7 Å². The maximum Gasteiger partial charge on any atom is 0.238 e. The third kappa shape index (κ3) is 5.13. The molecule has 0 radical (unpaired) electrons. The molecule has 0 aliphatic carbocycles. The molecule has 8 nitrogen and oxygen atoms in total. The lowest BCUT2D eigenvalue weighted by atomic mass is 10.2. The molecule has 2 aromatic carbocycles. The van der Waals surface area contributed by atoms with Gasteiger partial charge in [-0.15, -0.1) is 10.2 Å². The Labute approximate surface area is 178 Å². The standard InChI is InChI=1S/C20H16ClN5O3S/c21-16-4-2-15(3-5-16)14-30(27,28)25-17-6-8-18(9-7-17)29-20-11-10-19(23-24-20)26-13-1-12-22-26/h1-13,25H,14H2. The summed E-state index contributed by atoms with van der Waals surface area (Å²) in [5.41, 5.74) is 1.07. The number of halogens is 1. The van der Waals surface area contributed by atoms with Gasteiger partial charge in [0.25, 0.3) is 0 Å². The predicted octanol–water partition coefficient (Wildman–Crippen LogP) is 4.05. The van der Waals surface area contributed by atoms with Gasteiger partial charge in [-0.25, -0.2) is 13.1 Å². The molecular weight excluding hydrogens is 426 g/mol. The summed E-state index contributed by atoms with van der Waals surface area (Å²) in [5, 5.41) is 12.7. The highest BCUT2D eigenvalue weighted by Gasteiger charge is 2.12. The van der Waals surface area contributed by atoms with Crippen molar-refractivity contribution in [2.45, 2.75) is 5.75 Å². The molecule has 30 heavy (non-hydrogen) atoms. The number of rotatable bonds is 7. The molecule has 2 heterocycles. The zero-order valence-electron chi connectivity index (χ0n) is 15.5. The fraction of sp³-hybridized carbons (Fsp3) is 0.0500. The first kappa shape index (κ1) is 19.9. The Kier molecular flexibility index (Phi) is 5.64. The van der Waals surface area contributed by atoms with Gasteiger partial charge in [0, 0.05) is 29.2 Å². The summed E-state index contributed by atoms with van der Waals surface area (Å²) in [5.74, 6) is 1.22. The van der Waals surface area contributed by atoms with E-state index in [-0.39, 0.29) is 5.75 Å². The molecule has 0 aliphatic rings. The second-order valence-electron chi connectivity index (χ2n) is 6.29. The second-order valence-corrected chi connectivity index (χ2v) is 8.45. The van der Waals surface area contributed by atoms with Gasteiger partial charge in [-0.1, -0.05) is 23.7 Å². The highest BCUT2D eigenvalue weighted by molar-refractivity contribution is 7.91. The molecule has 1 N–H and O–H groups in total. The number of benzene rings is 2. The topological polar surface area (TPSA) is 99.0 Å². The molecule has 0 saturated carbocycles. The van der Waals surface area contributed by atoms with E-state index in [0.717, 1.165) is 0 Å². The fourth-order valence-corrected chi connectivity index (χ4v) is 3.95. The van der Waals surface area contributed by atoms with Gasteiger partial charge in [0.15, 0.2) is 5.82 Å². The minimum absolute atomic E-state index is 0.152. The lowest BCUT2D eigenvalue weighted by Gasteiger charge is -2.09. The summed E-state index contributed by atoms with van der Waals surface area (Å²) < 4.78 is 34.5. The molecule has 10 heteroatoms. The van der Waals surface area contributed by atoms with Crippen LogP contribution in [0.5, 0.6) is 11.6 Å². The molecule has 0 amide bonds. The van der Waals surface area contributed by atoms with Crippen molar-refractivity contribution in [3.05, 3.63) is 89.7 Å². The largest absolute Gasteiger partial charge is 0.438 e. The van der Waals surface area contributed by atoms with Crippen LogP contribution in [0.15, 0.2) is 79.1 Å². The van der Waals surface area contributed by atoms with E-state index < -0.39 is 10.0 Å². The maximum atomic E-state index is 12.4. The molecule has 4 rings (SSSR count). The van der Waals surface area contributed by atoms with Gasteiger partial charge in [0.1, 0.15) is 5.75 Å². The van der Waals surface area contributed by atoms with Crippen molar-refractivity contribution < 1.29 is 13.2 Å². The van der Waals surface area contributed by atoms with Crippen LogP contribution in [0.2, 0.25) is 5.02 Å². The summed E-state index contributed by atoms with van der Waals surface area (Å²) in [6.45, 7) is 0. The van der Waals surface area contributed by atoms with Crippen molar-refractivity contribution in [1.29, 1.82) is 0 Å². The second kappa shape index (κ2) is 8.52. The summed E-state index contributed by atoms with van der Waals surface area (Å²) >= 11 is 5.83. The van der Waals surface area contributed by atoms with E-state index in [2.05, 4.69) is 20.0 Å². The Balaban J connectivity index is 1.38. The van der Waals surface area contributed by atoms with Gasteiger partial charge >= 0.3 is 0 Å². The lowest BCUT2D eigenvalue weighted by molar-refractivity contribution is 0.454. The molecular formula is C20H16ClN5O3S. The molecule has 0 unspecified atom stereocenters. The van der Waals surface area contributed by atoms with Crippen LogP contribution >= 0.6 is 11.6 Å². The Morgan fingerprint density at radius 2 is 1.73 bits per heavy atom. The smallest absolute Gasteiger partial charge is 0.238 e.